The van der Waals surface area contributed by atoms with Crippen LogP contribution in [0, 0.1) is 0 Å². The number of H-pyrrole nitrogens is 1. The molecule has 0 radical (unpaired) electrons. The Morgan fingerprint density at radius 3 is 2.75 bits per heavy atom. The van der Waals surface area contributed by atoms with Crippen molar-refractivity contribution in [2.24, 2.45) is 0 Å². The van der Waals surface area contributed by atoms with Crippen LogP contribution in [-0.4, -0.2) is 28.1 Å². The smallest absolute Gasteiger partial charge is 0.258 e. The van der Waals surface area contributed by atoms with Crippen LogP contribution in [0.15, 0.2) is 33.6 Å². The number of benzene rings is 1. The topological polar surface area (TPSA) is 62.1 Å². The van der Waals surface area contributed by atoms with Gasteiger partial charge in [0.05, 0.1) is 5.39 Å². The van der Waals surface area contributed by atoms with Crippen LogP contribution < -0.4 is 5.56 Å². The summed E-state index contributed by atoms with van der Waals surface area (Å²) >= 11 is 0. The van der Waals surface area contributed by atoms with Crippen LogP contribution in [0.5, 0.6) is 0 Å². The van der Waals surface area contributed by atoms with Crippen LogP contribution in [0.1, 0.15) is 18.5 Å². The summed E-state index contributed by atoms with van der Waals surface area (Å²) in [6, 6.07) is 7.60. The van der Waals surface area contributed by atoms with Gasteiger partial charge in [-0.15, -0.1) is 0 Å². The SMILES string of the molecule is O=c1[nH]c2onc(CN3CCCC3)c2c2ccccc12. The fourth-order valence-corrected chi connectivity index (χ4v) is 3.02. The summed E-state index contributed by atoms with van der Waals surface area (Å²) in [5, 5.41) is 6.70. The van der Waals surface area contributed by atoms with Crippen LogP contribution in [-0.2, 0) is 6.54 Å². The van der Waals surface area contributed by atoms with E-state index in [0.29, 0.717) is 11.1 Å². The predicted octanol–water partition coefficient (Wildman–Crippen LogP) is 2.27. The lowest BCUT2D eigenvalue weighted by atomic mass is 10.1. The van der Waals surface area contributed by atoms with Gasteiger partial charge in [-0.25, -0.2) is 0 Å². The van der Waals surface area contributed by atoms with E-state index in [9.17, 15) is 4.79 Å². The van der Waals surface area contributed by atoms with E-state index >= 15 is 0 Å². The maximum absolute atomic E-state index is 12.0. The molecule has 0 atom stereocenters. The van der Waals surface area contributed by atoms with Gasteiger partial charge in [0.2, 0.25) is 5.71 Å². The monoisotopic (exact) mass is 269 g/mol. The first kappa shape index (κ1) is 11.7. The molecule has 0 amide bonds. The second-order valence-electron chi connectivity index (χ2n) is 5.32. The molecular weight excluding hydrogens is 254 g/mol. The highest BCUT2D eigenvalue weighted by Gasteiger charge is 2.18. The number of aromatic amines is 1. The second-order valence-corrected chi connectivity index (χ2v) is 5.32. The molecule has 1 aromatic carbocycles. The van der Waals surface area contributed by atoms with Gasteiger partial charge in [-0.3, -0.25) is 14.7 Å². The Bertz CT molecular complexity index is 828. The maximum atomic E-state index is 12.0. The fraction of sp³-hybridized carbons (Fsp3) is 0.333. The van der Waals surface area contributed by atoms with E-state index in [-0.39, 0.29) is 5.56 Å². The summed E-state index contributed by atoms with van der Waals surface area (Å²) in [6.45, 7) is 2.99. The van der Waals surface area contributed by atoms with Crippen molar-refractivity contribution in [3.63, 3.8) is 0 Å². The Labute approximate surface area is 115 Å². The molecule has 1 fully saturated rings. The van der Waals surface area contributed by atoms with Crippen molar-refractivity contribution in [3.05, 3.63) is 40.3 Å². The Kier molecular flexibility index (Phi) is 2.60. The number of pyridine rings is 1. The van der Waals surface area contributed by atoms with E-state index in [1.807, 2.05) is 24.3 Å². The molecule has 3 aromatic rings. The number of rotatable bonds is 2. The average molecular weight is 269 g/mol. The lowest BCUT2D eigenvalue weighted by Gasteiger charge is -2.12. The van der Waals surface area contributed by atoms with Crippen LogP contribution in [0.25, 0.3) is 21.9 Å². The van der Waals surface area contributed by atoms with Crippen LogP contribution in [0.4, 0.5) is 0 Å². The van der Waals surface area contributed by atoms with Gasteiger partial charge in [0.25, 0.3) is 5.56 Å². The third-order valence-corrected chi connectivity index (χ3v) is 4.00. The Morgan fingerprint density at radius 2 is 1.95 bits per heavy atom. The Balaban J connectivity index is 1.93. The second kappa shape index (κ2) is 4.45. The first-order valence-corrected chi connectivity index (χ1v) is 6.94. The van der Waals surface area contributed by atoms with Crippen molar-refractivity contribution in [3.8, 4) is 0 Å². The summed E-state index contributed by atoms with van der Waals surface area (Å²) in [4.78, 5) is 17.1. The first-order valence-electron chi connectivity index (χ1n) is 6.94. The molecule has 102 valence electrons. The molecule has 0 aliphatic carbocycles. The first-order chi connectivity index (χ1) is 9.83. The molecule has 5 heteroatoms. The number of nitrogens with one attached hydrogen (secondary N) is 1. The van der Waals surface area contributed by atoms with Gasteiger partial charge in [-0.05, 0) is 32.0 Å². The standard InChI is InChI=1S/C15H15N3O2/c19-14-11-6-2-1-5-10(11)13-12(17-20-15(13)16-14)9-18-7-3-4-8-18/h1-2,5-6H,3-4,7-9H2,(H,16,19). The average Bonchev–Trinajstić information content (AvgIpc) is 3.10. The lowest BCUT2D eigenvalue weighted by Crippen LogP contribution is -2.18. The van der Waals surface area contributed by atoms with Crippen molar-refractivity contribution in [1.29, 1.82) is 0 Å². The van der Waals surface area contributed by atoms with Gasteiger partial charge in [0, 0.05) is 17.3 Å². The Morgan fingerprint density at radius 1 is 1.20 bits per heavy atom. The molecule has 1 saturated heterocycles. The number of hydrogen-bond acceptors (Lipinski definition) is 4. The minimum Gasteiger partial charge on any atom is -0.337 e. The van der Waals surface area contributed by atoms with E-state index in [1.165, 1.54) is 12.8 Å². The minimum atomic E-state index is -0.128. The summed E-state index contributed by atoms with van der Waals surface area (Å²) < 4.78 is 5.32. The zero-order valence-electron chi connectivity index (χ0n) is 11.1. The molecule has 5 nitrogen and oxygen atoms in total. The number of hydrogen-bond donors (Lipinski definition) is 1. The van der Waals surface area contributed by atoms with Gasteiger partial charge in [-0.2, -0.15) is 0 Å². The third-order valence-electron chi connectivity index (χ3n) is 4.00. The van der Waals surface area contributed by atoms with Crippen LogP contribution in [0.2, 0.25) is 0 Å². The molecule has 0 saturated carbocycles. The molecule has 3 heterocycles. The maximum Gasteiger partial charge on any atom is 0.258 e. The zero-order chi connectivity index (χ0) is 13.5. The minimum absolute atomic E-state index is 0.128. The van der Waals surface area contributed by atoms with Crippen molar-refractivity contribution < 1.29 is 4.52 Å². The van der Waals surface area contributed by atoms with Crippen LogP contribution >= 0.6 is 0 Å². The lowest BCUT2D eigenvalue weighted by molar-refractivity contribution is 0.317. The van der Waals surface area contributed by atoms with Gasteiger partial charge < -0.3 is 4.52 Å². The third kappa shape index (κ3) is 1.74. The van der Waals surface area contributed by atoms with E-state index < -0.39 is 0 Å². The quantitative estimate of drug-likeness (QED) is 0.775. The fourth-order valence-electron chi connectivity index (χ4n) is 3.02. The largest absolute Gasteiger partial charge is 0.337 e. The van der Waals surface area contributed by atoms with Gasteiger partial charge in [0.15, 0.2) is 0 Å². The molecule has 20 heavy (non-hydrogen) atoms. The number of aromatic nitrogens is 2. The molecule has 2 aromatic heterocycles. The van der Waals surface area contributed by atoms with Crippen LogP contribution in [0.3, 0.4) is 0 Å². The number of likely N-dealkylation sites (tertiary alicyclic amines) is 1. The highest BCUT2D eigenvalue weighted by atomic mass is 16.5. The molecule has 0 spiro atoms. The van der Waals surface area contributed by atoms with Crippen molar-refractivity contribution >= 4 is 21.9 Å². The highest BCUT2D eigenvalue weighted by Crippen LogP contribution is 2.26. The molecule has 1 N–H and O–H groups in total. The van der Waals surface area contributed by atoms with Gasteiger partial charge >= 0.3 is 0 Å². The summed E-state index contributed by atoms with van der Waals surface area (Å²) in [6.07, 6.45) is 2.49. The van der Waals surface area contributed by atoms with E-state index in [1.54, 1.807) is 0 Å². The normalized spacial score (nSPS) is 16.4. The number of nitrogens with zero attached hydrogens (tertiary/aromatic N) is 2. The molecule has 1 aliphatic rings. The summed E-state index contributed by atoms with van der Waals surface area (Å²) in [5.41, 5.74) is 1.26. The van der Waals surface area contributed by atoms with E-state index in [4.69, 9.17) is 4.52 Å². The zero-order valence-corrected chi connectivity index (χ0v) is 11.1. The molecular formula is C15H15N3O2. The molecule has 1 aliphatic heterocycles. The highest BCUT2D eigenvalue weighted by molar-refractivity contribution is 6.04. The molecule has 4 rings (SSSR count). The summed E-state index contributed by atoms with van der Waals surface area (Å²) in [5.74, 6) is 0. The summed E-state index contributed by atoms with van der Waals surface area (Å²) in [7, 11) is 0. The van der Waals surface area contributed by atoms with Crippen molar-refractivity contribution in [2.75, 3.05) is 13.1 Å². The number of fused-ring (bicyclic) bond motifs is 3. The van der Waals surface area contributed by atoms with Gasteiger partial charge in [0.1, 0.15) is 5.69 Å². The molecule has 0 bridgehead atoms. The van der Waals surface area contributed by atoms with Gasteiger partial charge in [-0.1, -0.05) is 23.4 Å². The van der Waals surface area contributed by atoms with Crippen molar-refractivity contribution in [1.82, 2.24) is 15.0 Å². The van der Waals surface area contributed by atoms with E-state index in [2.05, 4.69) is 15.0 Å². The van der Waals surface area contributed by atoms with E-state index in [0.717, 1.165) is 36.1 Å². The molecule has 0 unspecified atom stereocenters. The Hall–Kier alpha value is -2.14. The predicted molar refractivity (Wildman–Crippen MR) is 76.6 cm³/mol. The van der Waals surface area contributed by atoms with Crippen molar-refractivity contribution in [2.45, 2.75) is 19.4 Å².